The van der Waals surface area contributed by atoms with Crippen LogP contribution in [0.25, 0.3) is 0 Å². The van der Waals surface area contributed by atoms with E-state index in [1.807, 2.05) is 0 Å². The number of aliphatic hydroxyl groups is 1. The minimum atomic E-state index is -1.46. The normalized spacial score (nSPS) is 30.3. The Labute approximate surface area is 109 Å². The van der Waals surface area contributed by atoms with Crippen LogP contribution in [0.2, 0.25) is 0 Å². The molecule has 0 aliphatic carbocycles. The zero-order valence-electron chi connectivity index (χ0n) is 10.8. The molecule has 1 aliphatic rings. The molecule has 0 amide bonds. The maximum atomic E-state index is 11.1. The summed E-state index contributed by atoms with van der Waals surface area (Å²) in [4.78, 5) is 33.0. The van der Waals surface area contributed by atoms with Crippen molar-refractivity contribution in [2.45, 2.75) is 45.4 Å². The van der Waals surface area contributed by atoms with Crippen LogP contribution >= 0.6 is 0 Å². The van der Waals surface area contributed by atoms with Gasteiger partial charge >= 0.3 is 17.9 Å². The summed E-state index contributed by atoms with van der Waals surface area (Å²) >= 11 is 0. The summed E-state index contributed by atoms with van der Waals surface area (Å²) in [5, 5.41) is 9.62. The number of carbonyl (C=O) groups is 3. The molecule has 0 radical (unpaired) electrons. The van der Waals surface area contributed by atoms with Gasteiger partial charge in [0.15, 0.2) is 24.6 Å². The molecule has 0 aromatic heterocycles. The number of hydrogen-bond acceptors (Lipinski definition) is 8. The third kappa shape index (κ3) is 4.49. The summed E-state index contributed by atoms with van der Waals surface area (Å²) in [6.45, 7) is 3.29. The van der Waals surface area contributed by atoms with E-state index >= 15 is 0 Å². The third-order valence-electron chi connectivity index (χ3n) is 2.32. The molecule has 1 rings (SSSR count). The van der Waals surface area contributed by atoms with Gasteiger partial charge in [0, 0.05) is 20.8 Å². The third-order valence-corrected chi connectivity index (χ3v) is 2.32. The van der Waals surface area contributed by atoms with Crippen LogP contribution in [0.5, 0.6) is 0 Å². The molecule has 4 atom stereocenters. The van der Waals surface area contributed by atoms with Crippen molar-refractivity contribution in [3.8, 4) is 0 Å². The predicted octanol–water partition coefficient (Wildman–Crippen LogP) is -0.870. The van der Waals surface area contributed by atoms with Crippen LogP contribution < -0.4 is 0 Å². The van der Waals surface area contributed by atoms with Crippen molar-refractivity contribution in [3.63, 3.8) is 0 Å². The van der Waals surface area contributed by atoms with E-state index in [1.165, 1.54) is 6.92 Å². The van der Waals surface area contributed by atoms with Gasteiger partial charge in [-0.05, 0) is 0 Å². The maximum absolute atomic E-state index is 11.1. The summed E-state index contributed by atoms with van der Waals surface area (Å²) in [6.07, 6.45) is -4.78. The first-order chi connectivity index (χ1) is 8.81. The summed E-state index contributed by atoms with van der Waals surface area (Å²) in [5.41, 5.74) is 0. The number of aliphatic hydroxyl groups excluding tert-OH is 1. The lowest BCUT2D eigenvalue weighted by Crippen LogP contribution is -2.57. The Morgan fingerprint density at radius 2 is 1.42 bits per heavy atom. The molecule has 8 heteroatoms. The molecule has 19 heavy (non-hydrogen) atoms. The predicted molar refractivity (Wildman–Crippen MR) is 58.6 cm³/mol. The van der Waals surface area contributed by atoms with Gasteiger partial charge in [-0.3, -0.25) is 14.4 Å². The van der Waals surface area contributed by atoms with E-state index in [4.69, 9.17) is 18.9 Å². The van der Waals surface area contributed by atoms with Gasteiger partial charge in [-0.25, -0.2) is 0 Å². The van der Waals surface area contributed by atoms with Crippen LogP contribution in [0.4, 0.5) is 0 Å². The molecule has 108 valence electrons. The van der Waals surface area contributed by atoms with Gasteiger partial charge < -0.3 is 24.1 Å². The highest BCUT2D eigenvalue weighted by atomic mass is 16.7. The first kappa shape index (κ1) is 15.4. The van der Waals surface area contributed by atoms with Gasteiger partial charge in [0.05, 0.1) is 6.61 Å². The van der Waals surface area contributed by atoms with Crippen molar-refractivity contribution >= 4 is 17.9 Å². The molecule has 1 aliphatic heterocycles. The number of carbonyl (C=O) groups excluding carboxylic acids is 3. The van der Waals surface area contributed by atoms with E-state index in [2.05, 4.69) is 0 Å². The van der Waals surface area contributed by atoms with Crippen LogP contribution in [-0.2, 0) is 33.3 Å². The molecule has 0 aromatic rings. The zero-order valence-corrected chi connectivity index (χ0v) is 10.8. The van der Waals surface area contributed by atoms with Crippen molar-refractivity contribution in [1.29, 1.82) is 0 Å². The van der Waals surface area contributed by atoms with Crippen LogP contribution in [0.15, 0.2) is 0 Å². The zero-order chi connectivity index (χ0) is 14.6. The molecule has 0 bridgehead atoms. The van der Waals surface area contributed by atoms with Crippen LogP contribution in [-0.4, -0.2) is 54.2 Å². The SMILES string of the molecule is CC(=O)O[C@H]1[C@H](OC(C)=O)[C@H](OC(C)=O)CO[C@@H]1O. The molecular formula is C11H16O8. The van der Waals surface area contributed by atoms with Crippen molar-refractivity contribution in [3.05, 3.63) is 0 Å². The largest absolute Gasteiger partial charge is 0.456 e. The molecule has 1 heterocycles. The molecule has 0 saturated carbocycles. The lowest BCUT2D eigenvalue weighted by atomic mass is 10.0. The Kier molecular flexibility index (Phi) is 5.25. The minimum absolute atomic E-state index is 0.170. The first-order valence-corrected chi connectivity index (χ1v) is 5.62. The lowest BCUT2D eigenvalue weighted by Gasteiger charge is -2.38. The fourth-order valence-corrected chi connectivity index (χ4v) is 1.72. The summed E-state index contributed by atoms with van der Waals surface area (Å²) in [6, 6.07) is 0. The molecule has 1 saturated heterocycles. The Morgan fingerprint density at radius 1 is 0.947 bits per heavy atom. The van der Waals surface area contributed by atoms with Crippen molar-refractivity contribution < 1.29 is 38.4 Å². The molecule has 1 fully saturated rings. The van der Waals surface area contributed by atoms with Gasteiger partial charge in [-0.1, -0.05) is 0 Å². The highest BCUT2D eigenvalue weighted by molar-refractivity contribution is 5.68. The second-order valence-electron chi connectivity index (χ2n) is 4.02. The Balaban J connectivity index is 2.89. The highest BCUT2D eigenvalue weighted by Crippen LogP contribution is 2.23. The van der Waals surface area contributed by atoms with Gasteiger partial charge in [0.1, 0.15) is 0 Å². The van der Waals surface area contributed by atoms with Gasteiger partial charge in [-0.2, -0.15) is 0 Å². The monoisotopic (exact) mass is 276 g/mol. The fraction of sp³-hybridized carbons (Fsp3) is 0.727. The van der Waals surface area contributed by atoms with Crippen LogP contribution in [0, 0.1) is 0 Å². The van der Waals surface area contributed by atoms with Gasteiger partial charge in [-0.15, -0.1) is 0 Å². The van der Waals surface area contributed by atoms with E-state index in [0.29, 0.717) is 0 Å². The lowest BCUT2D eigenvalue weighted by molar-refractivity contribution is -0.267. The highest BCUT2D eigenvalue weighted by Gasteiger charge is 2.46. The standard InChI is InChI=1S/C11H16O8/c1-5(12)17-8-4-16-11(15)10(19-7(3)14)9(8)18-6(2)13/h8-11,15H,4H2,1-3H3/t8-,9-,10+,11+/m1/s1. The van der Waals surface area contributed by atoms with Crippen LogP contribution in [0.1, 0.15) is 20.8 Å². The number of ether oxygens (including phenoxy) is 4. The molecular weight excluding hydrogens is 260 g/mol. The Morgan fingerprint density at radius 3 is 1.89 bits per heavy atom. The summed E-state index contributed by atoms with van der Waals surface area (Å²) in [5.74, 6) is -1.95. The molecule has 0 spiro atoms. The summed E-state index contributed by atoms with van der Waals surface area (Å²) in [7, 11) is 0. The van der Waals surface area contributed by atoms with E-state index in [9.17, 15) is 19.5 Å². The van der Waals surface area contributed by atoms with Gasteiger partial charge in [0.2, 0.25) is 0 Å². The number of esters is 3. The topological polar surface area (TPSA) is 108 Å². The minimum Gasteiger partial charge on any atom is -0.456 e. The van der Waals surface area contributed by atoms with Crippen molar-refractivity contribution in [1.82, 2.24) is 0 Å². The van der Waals surface area contributed by atoms with E-state index in [1.54, 1.807) is 0 Å². The van der Waals surface area contributed by atoms with Gasteiger partial charge in [0.25, 0.3) is 0 Å². The molecule has 0 unspecified atom stereocenters. The second-order valence-corrected chi connectivity index (χ2v) is 4.02. The molecule has 8 nitrogen and oxygen atoms in total. The second kappa shape index (κ2) is 6.48. The Hall–Kier alpha value is -1.67. The number of hydrogen-bond donors (Lipinski definition) is 1. The first-order valence-electron chi connectivity index (χ1n) is 5.62. The van der Waals surface area contributed by atoms with Crippen molar-refractivity contribution in [2.75, 3.05) is 6.61 Å². The van der Waals surface area contributed by atoms with Crippen molar-refractivity contribution in [2.24, 2.45) is 0 Å². The number of rotatable bonds is 3. The van der Waals surface area contributed by atoms with E-state index < -0.39 is 42.5 Å². The Bertz CT molecular complexity index is 366. The average molecular weight is 276 g/mol. The quantitative estimate of drug-likeness (QED) is 0.523. The van der Waals surface area contributed by atoms with Crippen LogP contribution in [0.3, 0.4) is 0 Å². The fourth-order valence-electron chi connectivity index (χ4n) is 1.72. The van der Waals surface area contributed by atoms with E-state index in [0.717, 1.165) is 13.8 Å². The maximum Gasteiger partial charge on any atom is 0.303 e. The summed E-state index contributed by atoms with van der Waals surface area (Å²) < 4.78 is 19.6. The average Bonchev–Trinajstić information content (AvgIpc) is 2.25. The van der Waals surface area contributed by atoms with E-state index in [-0.39, 0.29) is 6.61 Å². The smallest absolute Gasteiger partial charge is 0.303 e. The molecule has 1 N–H and O–H groups in total. The molecule has 0 aromatic carbocycles.